The van der Waals surface area contributed by atoms with Crippen molar-refractivity contribution in [2.24, 2.45) is 0 Å². The number of thiophene rings is 1. The molecular weight excluding hydrogens is 340 g/mol. The number of aryl methyl sites for hydroxylation is 1. The van der Waals surface area contributed by atoms with E-state index in [2.05, 4.69) is 17.2 Å². The summed E-state index contributed by atoms with van der Waals surface area (Å²) in [6.45, 7) is 8.30. The topological polar surface area (TPSA) is 50.4 Å². The van der Waals surface area contributed by atoms with Gasteiger partial charge < -0.3 is 15.4 Å². The van der Waals surface area contributed by atoms with E-state index in [1.165, 1.54) is 11.3 Å². The zero-order valence-electron chi connectivity index (χ0n) is 13.7. The molecule has 4 nitrogen and oxygen atoms in total. The number of carbonyl (C=O) groups is 1. The van der Waals surface area contributed by atoms with Crippen LogP contribution in [0, 0.1) is 6.92 Å². The molecule has 0 amide bonds. The first kappa shape index (κ1) is 18.2. The van der Waals surface area contributed by atoms with Crippen molar-refractivity contribution >= 4 is 39.6 Å². The van der Waals surface area contributed by atoms with Gasteiger partial charge in [0.2, 0.25) is 0 Å². The lowest BCUT2D eigenvalue weighted by Crippen LogP contribution is -2.28. The summed E-state index contributed by atoms with van der Waals surface area (Å²) in [5.74, 6) is -0.352. The summed E-state index contributed by atoms with van der Waals surface area (Å²) >= 11 is 6.75. The van der Waals surface area contributed by atoms with Crippen LogP contribution >= 0.6 is 23.6 Å². The van der Waals surface area contributed by atoms with Crippen LogP contribution in [0.4, 0.5) is 5.00 Å². The van der Waals surface area contributed by atoms with Gasteiger partial charge in [0, 0.05) is 17.0 Å². The molecule has 0 spiro atoms. The van der Waals surface area contributed by atoms with Gasteiger partial charge >= 0.3 is 5.97 Å². The smallest absolute Gasteiger partial charge is 0.341 e. The van der Waals surface area contributed by atoms with Crippen molar-refractivity contribution in [3.05, 3.63) is 53.4 Å². The van der Waals surface area contributed by atoms with Crippen LogP contribution in [0.5, 0.6) is 0 Å². The number of ether oxygens (including phenoxy) is 1. The maximum absolute atomic E-state index is 12.5. The fourth-order valence-corrected chi connectivity index (χ4v) is 3.61. The molecule has 2 N–H and O–H groups in total. The maximum Gasteiger partial charge on any atom is 0.341 e. The largest absolute Gasteiger partial charge is 0.462 e. The van der Waals surface area contributed by atoms with Crippen LogP contribution in [-0.2, 0) is 4.74 Å². The molecule has 0 radical (unpaired) electrons. The summed E-state index contributed by atoms with van der Waals surface area (Å²) in [5, 5.41) is 7.24. The highest BCUT2D eigenvalue weighted by Crippen LogP contribution is 2.40. The zero-order chi connectivity index (χ0) is 17.5. The molecule has 0 bridgehead atoms. The lowest BCUT2D eigenvalue weighted by atomic mass is 10.0. The molecule has 0 atom stereocenters. The predicted molar refractivity (Wildman–Crippen MR) is 105 cm³/mol. The van der Waals surface area contributed by atoms with Gasteiger partial charge in [0.25, 0.3) is 0 Å². The van der Waals surface area contributed by atoms with Gasteiger partial charge in [-0.25, -0.2) is 4.79 Å². The molecule has 0 aliphatic carbocycles. The molecule has 0 saturated carbocycles. The van der Waals surface area contributed by atoms with Gasteiger partial charge in [0.1, 0.15) is 10.6 Å². The van der Waals surface area contributed by atoms with E-state index >= 15 is 0 Å². The minimum absolute atomic E-state index is 0.320. The van der Waals surface area contributed by atoms with Crippen LogP contribution in [0.25, 0.3) is 11.1 Å². The third-order valence-corrected chi connectivity index (χ3v) is 4.53. The van der Waals surface area contributed by atoms with E-state index in [-0.39, 0.29) is 5.97 Å². The quantitative estimate of drug-likeness (QED) is 0.455. The predicted octanol–water partition coefficient (Wildman–Crippen LogP) is 4.37. The fourth-order valence-electron chi connectivity index (χ4n) is 2.30. The Morgan fingerprint density at radius 1 is 1.38 bits per heavy atom. The number of hydrogen-bond donors (Lipinski definition) is 2. The Hall–Kier alpha value is -2.18. The molecule has 0 aliphatic rings. The lowest BCUT2D eigenvalue weighted by molar-refractivity contribution is 0.0529. The van der Waals surface area contributed by atoms with E-state index in [1.54, 1.807) is 13.0 Å². The summed E-state index contributed by atoms with van der Waals surface area (Å²) in [6.07, 6.45) is 1.72. The number of carbonyl (C=O) groups excluding carboxylic acids is 1. The number of benzene rings is 1. The van der Waals surface area contributed by atoms with Crippen molar-refractivity contribution in [3.8, 4) is 11.1 Å². The van der Waals surface area contributed by atoms with E-state index in [0.29, 0.717) is 28.8 Å². The molecule has 1 aromatic carbocycles. The molecule has 0 aliphatic heterocycles. The SMILES string of the molecule is C=CCNC(=S)Nc1sc(C)c(-c2ccccc2)c1C(=O)OCC. The molecule has 0 unspecified atom stereocenters. The summed E-state index contributed by atoms with van der Waals surface area (Å²) < 4.78 is 5.25. The monoisotopic (exact) mass is 360 g/mol. The van der Waals surface area contributed by atoms with Crippen molar-refractivity contribution in [1.82, 2.24) is 5.32 Å². The van der Waals surface area contributed by atoms with Gasteiger partial charge in [0.15, 0.2) is 5.11 Å². The zero-order valence-corrected chi connectivity index (χ0v) is 15.4. The van der Waals surface area contributed by atoms with Gasteiger partial charge in [-0.15, -0.1) is 17.9 Å². The summed E-state index contributed by atoms with van der Waals surface area (Å²) in [4.78, 5) is 13.6. The summed E-state index contributed by atoms with van der Waals surface area (Å²) in [6, 6.07) is 9.81. The van der Waals surface area contributed by atoms with E-state index < -0.39 is 0 Å². The van der Waals surface area contributed by atoms with Crippen molar-refractivity contribution in [1.29, 1.82) is 0 Å². The van der Waals surface area contributed by atoms with Crippen molar-refractivity contribution in [3.63, 3.8) is 0 Å². The van der Waals surface area contributed by atoms with E-state index in [9.17, 15) is 4.79 Å². The van der Waals surface area contributed by atoms with Crippen molar-refractivity contribution in [2.75, 3.05) is 18.5 Å². The summed E-state index contributed by atoms with van der Waals surface area (Å²) in [5.41, 5.74) is 2.38. The fraction of sp³-hybridized carbons (Fsp3) is 0.222. The Kier molecular flexibility index (Phi) is 6.52. The Morgan fingerprint density at radius 2 is 2.08 bits per heavy atom. The maximum atomic E-state index is 12.5. The molecule has 1 aromatic heterocycles. The van der Waals surface area contributed by atoms with Crippen LogP contribution in [0.3, 0.4) is 0 Å². The number of thiocarbonyl (C=S) groups is 1. The second kappa shape index (κ2) is 8.61. The third-order valence-electron chi connectivity index (χ3n) is 3.26. The number of rotatable bonds is 6. The first-order valence-electron chi connectivity index (χ1n) is 7.60. The third kappa shape index (κ3) is 4.21. The standard InChI is InChI=1S/C18H20N2O2S2/c1-4-11-19-18(23)20-16-15(17(21)22-5-2)14(12(3)24-16)13-9-7-6-8-10-13/h4,6-10H,1,5,11H2,2-3H3,(H2,19,20,23). The highest BCUT2D eigenvalue weighted by Gasteiger charge is 2.24. The summed E-state index contributed by atoms with van der Waals surface area (Å²) in [7, 11) is 0. The molecule has 0 saturated heterocycles. The number of hydrogen-bond acceptors (Lipinski definition) is 4. The molecule has 1 heterocycles. The van der Waals surface area contributed by atoms with Gasteiger partial charge in [-0.3, -0.25) is 0 Å². The average Bonchev–Trinajstić information content (AvgIpc) is 2.90. The molecule has 126 valence electrons. The Labute approximate surface area is 151 Å². The van der Waals surface area contributed by atoms with Gasteiger partial charge in [-0.05, 0) is 31.6 Å². The van der Waals surface area contributed by atoms with E-state index in [4.69, 9.17) is 17.0 Å². The highest BCUT2D eigenvalue weighted by atomic mass is 32.1. The molecule has 2 aromatic rings. The molecule has 24 heavy (non-hydrogen) atoms. The lowest BCUT2D eigenvalue weighted by Gasteiger charge is -2.11. The minimum atomic E-state index is -0.352. The molecule has 6 heteroatoms. The Balaban J connectivity index is 2.45. The van der Waals surface area contributed by atoms with E-state index in [0.717, 1.165) is 16.0 Å². The van der Waals surface area contributed by atoms with Gasteiger partial charge in [0.05, 0.1) is 6.61 Å². The second-order valence-electron chi connectivity index (χ2n) is 4.95. The van der Waals surface area contributed by atoms with E-state index in [1.807, 2.05) is 37.3 Å². The second-order valence-corrected chi connectivity index (χ2v) is 6.58. The first-order chi connectivity index (χ1) is 11.6. The Morgan fingerprint density at radius 3 is 2.71 bits per heavy atom. The normalized spacial score (nSPS) is 10.1. The molecule has 2 rings (SSSR count). The average molecular weight is 361 g/mol. The number of esters is 1. The molecule has 0 fully saturated rings. The van der Waals surface area contributed by atoms with Crippen molar-refractivity contribution in [2.45, 2.75) is 13.8 Å². The first-order valence-corrected chi connectivity index (χ1v) is 8.82. The van der Waals surface area contributed by atoms with Crippen LogP contribution in [-0.4, -0.2) is 24.2 Å². The van der Waals surface area contributed by atoms with Crippen LogP contribution in [0.1, 0.15) is 22.2 Å². The Bertz CT molecular complexity index is 739. The van der Waals surface area contributed by atoms with Crippen LogP contribution < -0.4 is 10.6 Å². The van der Waals surface area contributed by atoms with Gasteiger partial charge in [-0.2, -0.15) is 0 Å². The number of nitrogens with one attached hydrogen (secondary N) is 2. The van der Waals surface area contributed by atoms with Crippen LogP contribution in [0.15, 0.2) is 43.0 Å². The number of anilines is 1. The van der Waals surface area contributed by atoms with Crippen LogP contribution in [0.2, 0.25) is 0 Å². The van der Waals surface area contributed by atoms with Gasteiger partial charge in [-0.1, -0.05) is 36.4 Å². The molecular formula is C18H20N2O2S2. The minimum Gasteiger partial charge on any atom is -0.462 e. The highest BCUT2D eigenvalue weighted by molar-refractivity contribution is 7.80. The van der Waals surface area contributed by atoms with Crippen molar-refractivity contribution < 1.29 is 9.53 Å².